The van der Waals surface area contributed by atoms with Crippen molar-refractivity contribution in [3.63, 3.8) is 0 Å². The Hall–Kier alpha value is -1.30. The van der Waals surface area contributed by atoms with Crippen LogP contribution in [0.1, 0.15) is 67.2 Å². The highest BCUT2D eigenvalue weighted by Crippen LogP contribution is 2.41. The first-order chi connectivity index (χ1) is 9.86. The molecule has 0 nitrogen and oxygen atoms in total. The zero-order chi connectivity index (χ0) is 15.9. The molecule has 0 N–H and O–H groups in total. The highest BCUT2D eigenvalue weighted by molar-refractivity contribution is 5.30. The first-order valence-electron chi connectivity index (χ1n) is 8.20. The summed E-state index contributed by atoms with van der Waals surface area (Å²) in [4.78, 5) is 0. The van der Waals surface area contributed by atoms with Crippen LogP contribution in [0.4, 0.5) is 0 Å². The van der Waals surface area contributed by atoms with Crippen molar-refractivity contribution < 1.29 is 0 Å². The van der Waals surface area contributed by atoms with Gasteiger partial charge in [-0.3, -0.25) is 0 Å². The summed E-state index contributed by atoms with van der Waals surface area (Å²) in [5.74, 6) is 0. The minimum absolute atomic E-state index is 0.380. The van der Waals surface area contributed by atoms with E-state index in [0.29, 0.717) is 5.41 Å². The molecule has 0 fully saturated rings. The SMILES string of the molecule is CC=C/C(C)=C/C=C/C(C)=C/CC1=C(C)CCCC1(C)C. The molecule has 21 heavy (non-hydrogen) atoms. The average molecular weight is 284 g/mol. The number of hydrogen-bond acceptors (Lipinski definition) is 0. The van der Waals surface area contributed by atoms with Crippen LogP contribution in [-0.2, 0) is 0 Å². The Morgan fingerprint density at radius 2 is 1.86 bits per heavy atom. The number of rotatable bonds is 5. The van der Waals surface area contributed by atoms with E-state index in [1.165, 1.54) is 30.4 Å². The fraction of sp³-hybridized carbons (Fsp3) is 0.524. The van der Waals surface area contributed by atoms with Crippen LogP contribution < -0.4 is 0 Å². The van der Waals surface area contributed by atoms with Crippen LogP contribution in [0.25, 0.3) is 0 Å². The summed E-state index contributed by atoms with van der Waals surface area (Å²) < 4.78 is 0. The molecule has 0 saturated heterocycles. The van der Waals surface area contributed by atoms with Crippen molar-refractivity contribution >= 4 is 0 Å². The lowest BCUT2D eigenvalue weighted by atomic mass is 9.71. The first kappa shape index (κ1) is 17.8. The van der Waals surface area contributed by atoms with Gasteiger partial charge in [-0.2, -0.15) is 0 Å². The molecule has 0 aromatic carbocycles. The van der Waals surface area contributed by atoms with E-state index in [2.05, 4.69) is 71.1 Å². The summed E-state index contributed by atoms with van der Waals surface area (Å²) in [7, 11) is 0. The van der Waals surface area contributed by atoms with E-state index in [9.17, 15) is 0 Å². The van der Waals surface area contributed by atoms with E-state index < -0.39 is 0 Å². The van der Waals surface area contributed by atoms with Crippen molar-refractivity contribution in [2.75, 3.05) is 0 Å². The van der Waals surface area contributed by atoms with E-state index in [4.69, 9.17) is 0 Å². The van der Waals surface area contributed by atoms with Crippen molar-refractivity contribution in [3.8, 4) is 0 Å². The van der Waals surface area contributed by atoms with E-state index in [1.807, 2.05) is 6.92 Å². The van der Waals surface area contributed by atoms with Gasteiger partial charge in [-0.1, -0.05) is 72.6 Å². The lowest BCUT2D eigenvalue weighted by molar-refractivity contribution is 0.360. The maximum Gasteiger partial charge on any atom is -0.0125 e. The second-order valence-corrected chi connectivity index (χ2v) is 6.92. The molecule has 1 rings (SSSR count). The first-order valence-corrected chi connectivity index (χ1v) is 8.20. The third-order valence-corrected chi connectivity index (χ3v) is 4.46. The van der Waals surface area contributed by atoms with Crippen LogP contribution in [0.3, 0.4) is 0 Å². The van der Waals surface area contributed by atoms with Crippen molar-refractivity contribution in [1.29, 1.82) is 0 Å². The van der Waals surface area contributed by atoms with Gasteiger partial charge in [0, 0.05) is 0 Å². The molecule has 0 bridgehead atoms. The predicted molar refractivity (Wildman–Crippen MR) is 96.4 cm³/mol. The highest BCUT2D eigenvalue weighted by atomic mass is 14.3. The van der Waals surface area contributed by atoms with E-state index in [-0.39, 0.29) is 0 Å². The smallest absolute Gasteiger partial charge is 0.0125 e. The van der Waals surface area contributed by atoms with Gasteiger partial charge in [-0.15, -0.1) is 0 Å². The molecule has 1 aliphatic rings. The monoisotopic (exact) mass is 284 g/mol. The Bertz CT molecular complexity index is 490. The maximum atomic E-state index is 2.40. The third kappa shape index (κ3) is 5.91. The van der Waals surface area contributed by atoms with Crippen LogP contribution >= 0.6 is 0 Å². The van der Waals surface area contributed by atoms with Gasteiger partial charge >= 0.3 is 0 Å². The number of hydrogen-bond donors (Lipinski definition) is 0. The summed E-state index contributed by atoms with van der Waals surface area (Å²) in [5.41, 5.74) is 6.28. The van der Waals surface area contributed by atoms with E-state index >= 15 is 0 Å². The van der Waals surface area contributed by atoms with Gasteiger partial charge in [0.2, 0.25) is 0 Å². The van der Waals surface area contributed by atoms with Gasteiger partial charge in [-0.25, -0.2) is 0 Å². The summed E-state index contributed by atoms with van der Waals surface area (Å²) in [6.07, 6.45) is 18.2. The molecule has 0 aliphatic heterocycles. The zero-order valence-corrected chi connectivity index (χ0v) is 14.8. The fourth-order valence-corrected chi connectivity index (χ4v) is 3.13. The second kappa shape index (κ2) is 8.22. The quantitative estimate of drug-likeness (QED) is 0.379. The molecule has 0 spiro atoms. The normalized spacial score (nSPS) is 20.9. The summed E-state index contributed by atoms with van der Waals surface area (Å²) in [5, 5.41) is 0. The highest BCUT2D eigenvalue weighted by Gasteiger charge is 2.27. The van der Waals surface area contributed by atoms with Crippen molar-refractivity contribution in [1.82, 2.24) is 0 Å². The van der Waals surface area contributed by atoms with Crippen molar-refractivity contribution in [3.05, 3.63) is 58.7 Å². The number of allylic oxidation sites excluding steroid dienone is 10. The van der Waals surface area contributed by atoms with Gasteiger partial charge in [0.15, 0.2) is 0 Å². The lowest BCUT2D eigenvalue weighted by Gasteiger charge is -2.34. The van der Waals surface area contributed by atoms with Gasteiger partial charge in [0.1, 0.15) is 0 Å². The van der Waals surface area contributed by atoms with Gasteiger partial charge in [0.25, 0.3) is 0 Å². The molecule has 0 atom stereocenters. The van der Waals surface area contributed by atoms with Crippen LogP contribution in [0.15, 0.2) is 58.7 Å². The second-order valence-electron chi connectivity index (χ2n) is 6.92. The zero-order valence-electron chi connectivity index (χ0n) is 14.8. The molecule has 116 valence electrons. The molecule has 0 amide bonds. The molecule has 0 radical (unpaired) electrons. The van der Waals surface area contributed by atoms with Crippen LogP contribution in [0, 0.1) is 5.41 Å². The van der Waals surface area contributed by atoms with Crippen LogP contribution in [0.5, 0.6) is 0 Å². The Kier molecular flexibility index (Phi) is 6.95. The molecule has 0 aromatic rings. The van der Waals surface area contributed by atoms with Gasteiger partial charge in [0.05, 0.1) is 0 Å². The standard InChI is InChI=1S/C21H32/c1-7-10-17(2)11-8-12-18(3)14-15-20-19(4)13-9-16-21(20,5)6/h7-8,10-12,14H,9,13,15-16H2,1-6H3/b10-7?,12-8+,17-11+,18-14+. The predicted octanol–water partition coefficient (Wildman–Crippen LogP) is 6.93. The molecule has 0 heterocycles. The third-order valence-electron chi connectivity index (χ3n) is 4.46. The lowest BCUT2D eigenvalue weighted by Crippen LogP contribution is -2.20. The Labute approximate surface area is 132 Å². The van der Waals surface area contributed by atoms with Crippen LogP contribution in [-0.4, -0.2) is 0 Å². The minimum atomic E-state index is 0.380. The molecule has 0 unspecified atom stereocenters. The van der Waals surface area contributed by atoms with Crippen molar-refractivity contribution in [2.45, 2.75) is 67.2 Å². The molecule has 0 aromatic heterocycles. The summed E-state index contributed by atoms with van der Waals surface area (Å²) in [6, 6.07) is 0. The van der Waals surface area contributed by atoms with E-state index in [0.717, 1.165) is 6.42 Å². The minimum Gasteiger partial charge on any atom is -0.0874 e. The largest absolute Gasteiger partial charge is 0.0874 e. The Balaban J connectivity index is 2.71. The molecular weight excluding hydrogens is 252 g/mol. The molecule has 1 aliphatic carbocycles. The average Bonchev–Trinajstić information content (AvgIpc) is 2.37. The summed E-state index contributed by atoms with van der Waals surface area (Å²) >= 11 is 0. The fourth-order valence-electron chi connectivity index (χ4n) is 3.13. The Morgan fingerprint density at radius 1 is 1.14 bits per heavy atom. The molecular formula is C21H32. The van der Waals surface area contributed by atoms with Gasteiger partial charge in [-0.05, 0) is 58.8 Å². The van der Waals surface area contributed by atoms with Crippen LogP contribution in [0.2, 0.25) is 0 Å². The molecule has 0 heteroatoms. The maximum absolute atomic E-state index is 2.40. The van der Waals surface area contributed by atoms with Gasteiger partial charge < -0.3 is 0 Å². The van der Waals surface area contributed by atoms with E-state index in [1.54, 1.807) is 11.1 Å². The summed E-state index contributed by atoms with van der Waals surface area (Å²) in [6.45, 7) is 13.5. The van der Waals surface area contributed by atoms with Crippen molar-refractivity contribution in [2.24, 2.45) is 5.41 Å². The Morgan fingerprint density at radius 3 is 2.48 bits per heavy atom. The molecule has 0 saturated carbocycles. The topological polar surface area (TPSA) is 0 Å².